The molecule has 0 fully saturated rings. The molecule has 0 saturated heterocycles. The molecule has 0 rings (SSSR count). The van der Waals surface area contributed by atoms with Crippen molar-refractivity contribution >= 4 is 17.9 Å². The average molecular weight is 622 g/mol. The van der Waals surface area contributed by atoms with E-state index in [4.69, 9.17) is 14.2 Å². The molecule has 8 heteroatoms. The molecule has 0 saturated carbocycles. The number of likely N-dealkylation sites (N-methyl/N-ethyl adjacent to an activating group) is 1. The van der Waals surface area contributed by atoms with E-state index >= 15 is 0 Å². The maximum absolute atomic E-state index is 12.5. The van der Waals surface area contributed by atoms with Crippen LogP contribution in [0.3, 0.4) is 0 Å². The number of nitrogens with zero attached hydrogens (tertiary/aromatic N) is 1. The van der Waals surface area contributed by atoms with Gasteiger partial charge in [-0.1, -0.05) is 102 Å². The summed E-state index contributed by atoms with van der Waals surface area (Å²) >= 11 is 0. The third kappa shape index (κ3) is 26.0. The molecule has 0 radical (unpaired) electrons. The number of quaternary nitrogens is 1. The van der Waals surface area contributed by atoms with Crippen LogP contribution in [0.15, 0.2) is 36.5 Å². The highest BCUT2D eigenvalue weighted by molar-refractivity contribution is 5.70. The smallest absolute Gasteiger partial charge is 0.306 e. The van der Waals surface area contributed by atoms with Gasteiger partial charge in [-0.15, -0.1) is 0 Å². The van der Waals surface area contributed by atoms with E-state index in [-0.39, 0.29) is 49.1 Å². The minimum absolute atomic E-state index is 0.0260. The lowest BCUT2D eigenvalue weighted by Crippen LogP contribution is -2.55. The maximum Gasteiger partial charge on any atom is 0.306 e. The van der Waals surface area contributed by atoms with Gasteiger partial charge in [-0.3, -0.25) is 9.59 Å². The zero-order chi connectivity index (χ0) is 32.9. The number of esters is 2. The Morgan fingerprint density at radius 1 is 0.705 bits per heavy atom. The molecule has 0 heterocycles. The molecule has 44 heavy (non-hydrogen) atoms. The van der Waals surface area contributed by atoms with Crippen LogP contribution < -0.4 is 5.11 Å². The van der Waals surface area contributed by atoms with Crippen molar-refractivity contribution < 1.29 is 38.2 Å². The molecule has 254 valence electrons. The summed E-state index contributed by atoms with van der Waals surface area (Å²) in [6, 6.07) is -0.728. The van der Waals surface area contributed by atoms with Gasteiger partial charge in [-0.25, -0.2) is 0 Å². The number of hydrogen-bond acceptors (Lipinski definition) is 7. The van der Waals surface area contributed by atoms with Gasteiger partial charge in [0, 0.05) is 19.3 Å². The van der Waals surface area contributed by atoms with Crippen molar-refractivity contribution in [1.29, 1.82) is 0 Å². The van der Waals surface area contributed by atoms with Crippen molar-refractivity contribution in [3.05, 3.63) is 36.5 Å². The first kappa shape index (κ1) is 41.5. The summed E-state index contributed by atoms with van der Waals surface area (Å²) in [4.78, 5) is 36.4. The van der Waals surface area contributed by atoms with Crippen LogP contribution >= 0.6 is 0 Å². The third-order valence-corrected chi connectivity index (χ3v) is 7.29. The molecule has 0 aromatic rings. The quantitative estimate of drug-likeness (QED) is 0.0400. The Bertz CT molecular complexity index is 829. The summed E-state index contributed by atoms with van der Waals surface area (Å²) in [7, 11) is 5.37. The zero-order valence-corrected chi connectivity index (χ0v) is 28.6. The van der Waals surface area contributed by atoms with E-state index in [0.717, 1.165) is 44.9 Å². The molecule has 2 unspecified atom stereocenters. The van der Waals surface area contributed by atoms with Gasteiger partial charge >= 0.3 is 11.9 Å². The van der Waals surface area contributed by atoms with Gasteiger partial charge in [-0.2, -0.15) is 0 Å². The monoisotopic (exact) mass is 621 g/mol. The average Bonchev–Trinajstić information content (AvgIpc) is 2.96. The lowest BCUT2D eigenvalue weighted by molar-refractivity contribution is -0.889. The van der Waals surface area contributed by atoms with E-state index in [1.54, 1.807) is 21.1 Å². The first-order valence-electron chi connectivity index (χ1n) is 17.0. The SMILES string of the molecule is CC/C=C/C/C=C/C/C=C/CCCC(=O)OCC(COCCC(C(=O)[O-])[N+](C)(C)C)OC(=O)CCCCCCCCCCC. The highest BCUT2D eigenvalue weighted by Crippen LogP contribution is 2.12. The second-order valence-corrected chi connectivity index (χ2v) is 12.4. The number of carboxylic acids is 1. The van der Waals surface area contributed by atoms with Crippen LogP contribution in [0.1, 0.15) is 123 Å². The number of carboxylic acid groups (broad SMARTS) is 1. The van der Waals surface area contributed by atoms with Crippen LogP contribution in [0.2, 0.25) is 0 Å². The first-order valence-corrected chi connectivity index (χ1v) is 17.0. The Morgan fingerprint density at radius 3 is 1.86 bits per heavy atom. The van der Waals surface area contributed by atoms with Crippen molar-refractivity contribution in [3.63, 3.8) is 0 Å². The van der Waals surface area contributed by atoms with Gasteiger partial charge in [0.05, 0.1) is 40.3 Å². The lowest BCUT2D eigenvalue weighted by atomic mass is 10.1. The predicted octanol–water partition coefficient (Wildman–Crippen LogP) is 6.62. The summed E-state index contributed by atoms with van der Waals surface area (Å²) in [5.74, 6) is -1.81. The van der Waals surface area contributed by atoms with Crippen molar-refractivity contribution in [3.8, 4) is 0 Å². The van der Waals surface area contributed by atoms with Crippen molar-refractivity contribution in [2.45, 2.75) is 135 Å². The van der Waals surface area contributed by atoms with Gasteiger partial charge in [-0.05, 0) is 38.5 Å². The molecular formula is C36H63NO7. The summed E-state index contributed by atoms with van der Waals surface area (Å²) in [5, 5.41) is 11.5. The minimum atomic E-state index is -1.13. The van der Waals surface area contributed by atoms with Gasteiger partial charge in [0.2, 0.25) is 0 Å². The van der Waals surface area contributed by atoms with E-state index in [2.05, 4.69) is 50.3 Å². The topological polar surface area (TPSA) is 102 Å². The number of hydrogen-bond donors (Lipinski definition) is 0. The fourth-order valence-corrected chi connectivity index (χ4v) is 4.62. The third-order valence-electron chi connectivity index (χ3n) is 7.29. The second kappa shape index (κ2) is 28.1. The number of carbonyl (C=O) groups excluding carboxylic acids is 3. The summed E-state index contributed by atoms with van der Waals surface area (Å²) in [6.07, 6.45) is 27.6. The Labute approximate surface area is 268 Å². The van der Waals surface area contributed by atoms with Crippen molar-refractivity contribution in [2.24, 2.45) is 0 Å². The summed E-state index contributed by atoms with van der Waals surface area (Å²) in [6.45, 7) is 4.43. The second-order valence-electron chi connectivity index (χ2n) is 12.4. The minimum Gasteiger partial charge on any atom is -0.544 e. The number of rotatable bonds is 29. The van der Waals surface area contributed by atoms with E-state index in [1.165, 1.54) is 38.5 Å². The molecule has 0 N–H and O–H groups in total. The van der Waals surface area contributed by atoms with Crippen LogP contribution in [-0.4, -0.2) is 75.5 Å². The molecule has 0 spiro atoms. The van der Waals surface area contributed by atoms with E-state index < -0.39 is 18.1 Å². The fraction of sp³-hybridized carbons (Fsp3) is 0.750. The number of aliphatic carboxylic acids is 1. The van der Waals surface area contributed by atoms with Crippen LogP contribution in [0.4, 0.5) is 0 Å². The number of allylic oxidation sites excluding steroid dienone is 6. The van der Waals surface area contributed by atoms with Crippen LogP contribution in [0, 0.1) is 0 Å². The maximum atomic E-state index is 12.5. The molecule has 0 aliphatic rings. The zero-order valence-electron chi connectivity index (χ0n) is 28.6. The number of carbonyl (C=O) groups is 3. The summed E-state index contributed by atoms with van der Waals surface area (Å²) < 4.78 is 16.9. The van der Waals surface area contributed by atoms with Gasteiger partial charge in [0.1, 0.15) is 12.6 Å². The van der Waals surface area contributed by atoms with Gasteiger partial charge < -0.3 is 28.6 Å². The molecule has 0 aromatic heterocycles. The van der Waals surface area contributed by atoms with Crippen molar-refractivity contribution in [1.82, 2.24) is 0 Å². The molecule has 0 aromatic carbocycles. The van der Waals surface area contributed by atoms with Crippen LogP contribution in [-0.2, 0) is 28.6 Å². The molecule has 0 bridgehead atoms. The largest absolute Gasteiger partial charge is 0.544 e. The first-order chi connectivity index (χ1) is 21.1. The summed E-state index contributed by atoms with van der Waals surface area (Å²) in [5.41, 5.74) is 0. The van der Waals surface area contributed by atoms with Crippen molar-refractivity contribution in [2.75, 3.05) is 41.0 Å². The molecule has 2 atom stereocenters. The van der Waals surface area contributed by atoms with Gasteiger partial charge in [0.25, 0.3) is 0 Å². The molecule has 0 amide bonds. The molecule has 0 aliphatic carbocycles. The fourth-order valence-electron chi connectivity index (χ4n) is 4.62. The standard InChI is InChI=1S/C36H63NO7/c1-6-8-10-12-14-16-17-19-20-22-24-26-34(38)43-31-32(30-42-29-28-33(36(40)41)37(3,4)5)44-35(39)27-25-23-21-18-15-13-11-9-7-2/h8,10,14,16,19-20,32-33H,6-7,9,11-13,15,17-18,21-31H2,1-5H3/b10-8+,16-14+,20-19+. The lowest BCUT2D eigenvalue weighted by Gasteiger charge is -2.34. The Balaban J connectivity index is 4.56. The Kier molecular flexibility index (Phi) is 26.5. The van der Waals surface area contributed by atoms with E-state index in [1.807, 2.05) is 0 Å². The predicted molar refractivity (Wildman–Crippen MR) is 176 cm³/mol. The molecule has 0 aliphatic heterocycles. The van der Waals surface area contributed by atoms with Crippen LogP contribution in [0.5, 0.6) is 0 Å². The molecule has 8 nitrogen and oxygen atoms in total. The van der Waals surface area contributed by atoms with Gasteiger partial charge in [0.15, 0.2) is 6.10 Å². The Hall–Kier alpha value is -2.45. The van der Waals surface area contributed by atoms with Crippen LogP contribution in [0.25, 0.3) is 0 Å². The number of unbranched alkanes of at least 4 members (excludes halogenated alkanes) is 9. The van der Waals surface area contributed by atoms with E-state index in [9.17, 15) is 19.5 Å². The highest BCUT2D eigenvalue weighted by Gasteiger charge is 2.25. The normalized spacial score (nSPS) is 13.6. The Morgan fingerprint density at radius 2 is 1.27 bits per heavy atom. The number of ether oxygens (including phenoxy) is 3. The molecular weight excluding hydrogens is 558 g/mol. The highest BCUT2D eigenvalue weighted by atomic mass is 16.6. The van der Waals surface area contributed by atoms with E-state index in [0.29, 0.717) is 12.8 Å².